The molecule has 0 aromatic rings. The second-order valence-electron chi connectivity index (χ2n) is 3.86. The van der Waals surface area contributed by atoms with Gasteiger partial charge in [-0.25, -0.2) is 0 Å². The Balaban J connectivity index is 2.40. The SMILES string of the molecule is COC(=O)C1CCCCN1CCOC(F)(F)F. The molecule has 4 nitrogen and oxygen atoms in total. The van der Waals surface area contributed by atoms with E-state index in [1.165, 1.54) is 7.11 Å². The van der Waals surface area contributed by atoms with Crippen molar-refractivity contribution < 1.29 is 27.4 Å². The standard InChI is InChI=1S/C10H16F3NO3/c1-16-9(15)8-4-2-3-5-14(8)6-7-17-10(11,12)13/h8H,2-7H2,1H3. The highest BCUT2D eigenvalue weighted by Crippen LogP contribution is 2.19. The molecule has 1 atom stereocenters. The number of ether oxygens (including phenoxy) is 2. The Bertz CT molecular complexity index is 258. The van der Waals surface area contributed by atoms with Gasteiger partial charge in [-0.2, -0.15) is 0 Å². The van der Waals surface area contributed by atoms with Crippen molar-refractivity contribution in [2.45, 2.75) is 31.7 Å². The minimum atomic E-state index is -4.61. The van der Waals surface area contributed by atoms with Crippen LogP contribution in [0.5, 0.6) is 0 Å². The zero-order chi connectivity index (χ0) is 12.9. The van der Waals surface area contributed by atoms with Crippen LogP contribution in [0, 0.1) is 0 Å². The number of hydrogen-bond donors (Lipinski definition) is 0. The molecule has 0 saturated carbocycles. The normalized spacial score (nSPS) is 22.5. The summed E-state index contributed by atoms with van der Waals surface area (Å²) in [4.78, 5) is 13.1. The highest BCUT2D eigenvalue weighted by atomic mass is 19.4. The largest absolute Gasteiger partial charge is 0.522 e. The van der Waals surface area contributed by atoms with Crippen LogP contribution in [-0.2, 0) is 14.3 Å². The molecule has 7 heteroatoms. The van der Waals surface area contributed by atoms with Crippen LogP contribution in [0.25, 0.3) is 0 Å². The van der Waals surface area contributed by atoms with Crippen molar-refractivity contribution in [3.63, 3.8) is 0 Å². The van der Waals surface area contributed by atoms with Crippen molar-refractivity contribution in [3.8, 4) is 0 Å². The topological polar surface area (TPSA) is 38.8 Å². The second-order valence-corrected chi connectivity index (χ2v) is 3.86. The molecule has 1 aliphatic heterocycles. The van der Waals surface area contributed by atoms with Gasteiger partial charge in [0.05, 0.1) is 13.7 Å². The monoisotopic (exact) mass is 255 g/mol. The molecule has 0 bridgehead atoms. The molecule has 0 N–H and O–H groups in total. The molecule has 1 aliphatic rings. The zero-order valence-corrected chi connectivity index (χ0v) is 9.63. The molecule has 0 spiro atoms. The van der Waals surface area contributed by atoms with Gasteiger partial charge in [-0.3, -0.25) is 14.4 Å². The van der Waals surface area contributed by atoms with Crippen LogP contribution in [0.4, 0.5) is 13.2 Å². The van der Waals surface area contributed by atoms with Crippen LogP contribution in [0.3, 0.4) is 0 Å². The van der Waals surface area contributed by atoms with Gasteiger partial charge in [-0.15, -0.1) is 13.2 Å². The summed E-state index contributed by atoms with van der Waals surface area (Å²) in [7, 11) is 1.28. The summed E-state index contributed by atoms with van der Waals surface area (Å²) in [5, 5.41) is 0. The van der Waals surface area contributed by atoms with Crippen molar-refractivity contribution in [1.82, 2.24) is 4.90 Å². The van der Waals surface area contributed by atoms with Crippen LogP contribution in [0.15, 0.2) is 0 Å². The Morgan fingerprint density at radius 1 is 1.41 bits per heavy atom. The highest BCUT2D eigenvalue weighted by Gasteiger charge is 2.32. The van der Waals surface area contributed by atoms with Gasteiger partial charge in [0.15, 0.2) is 0 Å². The summed E-state index contributed by atoms with van der Waals surface area (Å²) in [5.41, 5.74) is 0. The maximum atomic E-state index is 11.8. The van der Waals surface area contributed by atoms with E-state index in [0.717, 1.165) is 12.8 Å². The van der Waals surface area contributed by atoms with Crippen LogP contribution in [0.1, 0.15) is 19.3 Å². The summed E-state index contributed by atoms with van der Waals surface area (Å²) in [6, 6.07) is -0.439. The van der Waals surface area contributed by atoms with E-state index in [1.807, 2.05) is 0 Å². The number of nitrogens with zero attached hydrogens (tertiary/aromatic N) is 1. The van der Waals surface area contributed by atoms with E-state index >= 15 is 0 Å². The minimum absolute atomic E-state index is 0.0826. The number of likely N-dealkylation sites (tertiary alicyclic amines) is 1. The lowest BCUT2D eigenvalue weighted by molar-refractivity contribution is -0.325. The van der Waals surface area contributed by atoms with E-state index < -0.39 is 25.0 Å². The summed E-state index contributed by atoms with van der Waals surface area (Å²) in [6.07, 6.45) is -2.23. The molecule has 1 unspecified atom stereocenters. The Hall–Kier alpha value is -0.820. The van der Waals surface area contributed by atoms with Crippen molar-refractivity contribution in [1.29, 1.82) is 0 Å². The number of hydrogen-bond acceptors (Lipinski definition) is 4. The molecule has 1 heterocycles. The smallest absolute Gasteiger partial charge is 0.468 e. The van der Waals surface area contributed by atoms with Gasteiger partial charge < -0.3 is 4.74 Å². The van der Waals surface area contributed by atoms with Gasteiger partial charge in [-0.05, 0) is 19.4 Å². The van der Waals surface area contributed by atoms with Crippen molar-refractivity contribution >= 4 is 5.97 Å². The molecule has 17 heavy (non-hydrogen) atoms. The van der Waals surface area contributed by atoms with Crippen molar-refractivity contribution in [3.05, 3.63) is 0 Å². The molecular weight excluding hydrogens is 239 g/mol. The third kappa shape index (κ3) is 4.91. The zero-order valence-electron chi connectivity index (χ0n) is 9.63. The first-order valence-corrected chi connectivity index (χ1v) is 5.46. The first kappa shape index (κ1) is 14.2. The minimum Gasteiger partial charge on any atom is -0.468 e. The number of methoxy groups -OCH3 is 1. The number of carbonyl (C=O) groups excluding carboxylic acids is 1. The fraction of sp³-hybridized carbons (Fsp3) is 0.900. The third-order valence-corrected chi connectivity index (χ3v) is 2.73. The number of carbonyl (C=O) groups is 1. The fourth-order valence-corrected chi connectivity index (χ4v) is 1.94. The van der Waals surface area contributed by atoms with Gasteiger partial charge in [-0.1, -0.05) is 6.42 Å². The average molecular weight is 255 g/mol. The van der Waals surface area contributed by atoms with Gasteiger partial charge in [0, 0.05) is 6.54 Å². The van der Waals surface area contributed by atoms with Crippen LogP contribution in [-0.4, -0.2) is 50.1 Å². The first-order chi connectivity index (χ1) is 7.94. The lowest BCUT2D eigenvalue weighted by Gasteiger charge is -2.33. The fourth-order valence-electron chi connectivity index (χ4n) is 1.94. The molecule has 100 valence electrons. The molecule has 0 aliphatic carbocycles. The van der Waals surface area contributed by atoms with Crippen LogP contribution < -0.4 is 0 Å². The number of esters is 1. The van der Waals surface area contributed by atoms with E-state index in [-0.39, 0.29) is 6.54 Å². The summed E-state index contributed by atoms with van der Waals surface area (Å²) in [6.45, 7) is 0.219. The molecule has 0 aromatic heterocycles. The van der Waals surface area contributed by atoms with E-state index in [9.17, 15) is 18.0 Å². The molecule has 0 amide bonds. The van der Waals surface area contributed by atoms with E-state index in [2.05, 4.69) is 9.47 Å². The lowest BCUT2D eigenvalue weighted by Crippen LogP contribution is -2.46. The summed E-state index contributed by atoms with van der Waals surface area (Å²) in [5.74, 6) is -0.392. The molecule has 0 aromatic carbocycles. The average Bonchev–Trinajstić information content (AvgIpc) is 2.27. The van der Waals surface area contributed by atoms with Gasteiger partial charge >= 0.3 is 12.3 Å². The molecule has 1 fully saturated rings. The lowest BCUT2D eigenvalue weighted by atomic mass is 10.0. The highest BCUT2D eigenvalue weighted by molar-refractivity contribution is 5.75. The van der Waals surface area contributed by atoms with E-state index in [0.29, 0.717) is 13.0 Å². The summed E-state index contributed by atoms with van der Waals surface area (Å²) < 4.78 is 43.7. The van der Waals surface area contributed by atoms with Crippen molar-refractivity contribution in [2.24, 2.45) is 0 Å². The predicted octanol–water partition coefficient (Wildman–Crippen LogP) is 1.55. The summed E-state index contributed by atoms with van der Waals surface area (Å²) >= 11 is 0. The molecule has 0 radical (unpaired) electrons. The molecule has 1 saturated heterocycles. The Morgan fingerprint density at radius 2 is 2.12 bits per heavy atom. The quantitative estimate of drug-likeness (QED) is 0.714. The Kier molecular flexibility index (Phi) is 5.20. The van der Waals surface area contributed by atoms with Crippen LogP contribution in [0.2, 0.25) is 0 Å². The van der Waals surface area contributed by atoms with Crippen LogP contribution >= 0.6 is 0 Å². The molecule has 1 rings (SSSR count). The third-order valence-electron chi connectivity index (χ3n) is 2.73. The molecular formula is C10H16F3NO3. The Labute approximate surface area is 97.7 Å². The second kappa shape index (κ2) is 6.20. The van der Waals surface area contributed by atoms with Crippen molar-refractivity contribution in [2.75, 3.05) is 26.8 Å². The van der Waals surface area contributed by atoms with E-state index in [1.54, 1.807) is 4.90 Å². The maximum absolute atomic E-state index is 11.8. The number of halogens is 3. The predicted molar refractivity (Wildman–Crippen MR) is 53.2 cm³/mol. The van der Waals surface area contributed by atoms with Gasteiger partial charge in [0.1, 0.15) is 6.04 Å². The first-order valence-electron chi connectivity index (χ1n) is 5.46. The Morgan fingerprint density at radius 3 is 2.71 bits per heavy atom. The number of piperidine rings is 1. The van der Waals surface area contributed by atoms with E-state index in [4.69, 9.17) is 0 Å². The number of alkyl halides is 3. The van der Waals surface area contributed by atoms with Gasteiger partial charge in [0.2, 0.25) is 0 Å². The number of rotatable bonds is 4. The maximum Gasteiger partial charge on any atom is 0.522 e. The van der Waals surface area contributed by atoms with Gasteiger partial charge in [0.25, 0.3) is 0 Å².